The zero-order chi connectivity index (χ0) is 15.0. The number of rotatable bonds is 9. The second-order valence-corrected chi connectivity index (χ2v) is 6.06. The number of nitrogens with zero attached hydrogens (tertiary/aromatic N) is 2. The summed E-state index contributed by atoms with van der Waals surface area (Å²) in [7, 11) is 0. The molecule has 3 nitrogen and oxygen atoms in total. The van der Waals surface area contributed by atoms with Crippen molar-refractivity contribution in [1.82, 2.24) is 9.80 Å². The topological polar surface area (TPSA) is 32.5 Å². The van der Waals surface area contributed by atoms with E-state index in [2.05, 4.69) is 58.6 Å². The van der Waals surface area contributed by atoms with Gasteiger partial charge in [0.25, 0.3) is 0 Å². The zero-order valence-electron chi connectivity index (χ0n) is 13.0. The lowest BCUT2D eigenvalue weighted by Gasteiger charge is -2.23. The number of nitrogens with two attached hydrogens (primary N) is 1. The van der Waals surface area contributed by atoms with Crippen LogP contribution in [0.25, 0.3) is 0 Å². The van der Waals surface area contributed by atoms with Crippen molar-refractivity contribution in [1.29, 1.82) is 0 Å². The lowest BCUT2D eigenvalue weighted by atomic mass is 10.2. The van der Waals surface area contributed by atoms with Crippen molar-refractivity contribution >= 4 is 21.6 Å². The van der Waals surface area contributed by atoms with Gasteiger partial charge in [-0.25, -0.2) is 0 Å². The number of anilines is 1. The lowest BCUT2D eigenvalue weighted by molar-refractivity contribution is 0.238. The van der Waals surface area contributed by atoms with Gasteiger partial charge in [0.05, 0.1) is 0 Å². The van der Waals surface area contributed by atoms with Gasteiger partial charge in [-0.15, -0.1) is 0 Å². The fourth-order valence-electron chi connectivity index (χ4n) is 2.43. The molecule has 0 aromatic heterocycles. The molecule has 4 heteroatoms. The molecule has 20 heavy (non-hydrogen) atoms. The average molecular weight is 342 g/mol. The normalized spacial score (nSPS) is 11.5. The molecule has 0 aliphatic carbocycles. The Morgan fingerprint density at radius 2 is 1.55 bits per heavy atom. The van der Waals surface area contributed by atoms with Crippen LogP contribution in [0.3, 0.4) is 0 Å². The third-order valence-corrected chi connectivity index (χ3v) is 4.13. The molecule has 0 aliphatic rings. The molecule has 0 heterocycles. The molecule has 1 rings (SSSR count). The van der Waals surface area contributed by atoms with Gasteiger partial charge in [-0.05, 0) is 62.9 Å². The first kappa shape index (κ1) is 17.5. The van der Waals surface area contributed by atoms with Crippen LogP contribution in [0.2, 0.25) is 0 Å². The Morgan fingerprint density at radius 3 is 2.10 bits per heavy atom. The summed E-state index contributed by atoms with van der Waals surface area (Å²) in [5.74, 6) is 0. The summed E-state index contributed by atoms with van der Waals surface area (Å²) in [4.78, 5) is 4.95. The van der Waals surface area contributed by atoms with Crippen LogP contribution in [0, 0.1) is 0 Å². The third-order valence-electron chi connectivity index (χ3n) is 3.68. The minimum absolute atomic E-state index is 0.827. The number of hydrogen-bond acceptors (Lipinski definition) is 3. The van der Waals surface area contributed by atoms with Gasteiger partial charge in [-0.1, -0.05) is 36.7 Å². The van der Waals surface area contributed by atoms with E-state index in [9.17, 15) is 0 Å². The van der Waals surface area contributed by atoms with E-state index in [4.69, 9.17) is 5.73 Å². The molecule has 0 atom stereocenters. The van der Waals surface area contributed by atoms with Gasteiger partial charge >= 0.3 is 0 Å². The zero-order valence-corrected chi connectivity index (χ0v) is 14.6. The molecular weight excluding hydrogens is 314 g/mol. The summed E-state index contributed by atoms with van der Waals surface area (Å²) in [5.41, 5.74) is 8.00. The highest BCUT2D eigenvalue weighted by molar-refractivity contribution is 9.10. The molecule has 0 saturated heterocycles. The molecule has 114 valence electrons. The van der Waals surface area contributed by atoms with E-state index in [0.717, 1.165) is 42.9 Å². The van der Waals surface area contributed by atoms with Gasteiger partial charge in [0, 0.05) is 16.7 Å². The number of hydrogen-bond donors (Lipinski definition) is 1. The Kier molecular flexibility index (Phi) is 8.19. The third kappa shape index (κ3) is 6.25. The predicted octanol–water partition coefficient (Wildman–Crippen LogP) is 3.59. The summed E-state index contributed by atoms with van der Waals surface area (Å²) < 4.78 is 1.06. The average Bonchev–Trinajstić information content (AvgIpc) is 2.41. The molecule has 0 radical (unpaired) electrons. The minimum atomic E-state index is 0.827. The van der Waals surface area contributed by atoms with E-state index in [0.29, 0.717) is 0 Å². The smallest absolute Gasteiger partial charge is 0.0328 e. The van der Waals surface area contributed by atoms with E-state index in [1.54, 1.807) is 0 Å². The molecule has 2 N–H and O–H groups in total. The highest BCUT2D eigenvalue weighted by Crippen LogP contribution is 2.18. The quantitative estimate of drug-likeness (QED) is 0.696. The van der Waals surface area contributed by atoms with Crippen LogP contribution in [0.1, 0.15) is 32.8 Å². The molecule has 0 fully saturated rings. The fraction of sp³-hybridized carbons (Fsp3) is 0.625. The van der Waals surface area contributed by atoms with Crippen LogP contribution in [0.15, 0.2) is 22.7 Å². The van der Waals surface area contributed by atoms with Crippen molar-refractivity contribution in [2.75, 3.05) is 38.5 Å². The van der Waals surface area contributed by atoms with E-state index < -0.39 is 0 Å². The molecule has 0 bridgehead atoms. The Morgan fingerprint density at radius 1 is 0.950 bits per heavy atom. The van der Waals surface area contributed by atoms with Gasteiger partial charge in [-0.3, -0.25) is 4.90 Å². The summed E-state index contributed by atoms with van der Waals surface area (Å²) in [5, 5.41) is 0. The first-order valence-corrected chi connectivity index (χ1v) is 8.37. The van der Waals surface area contributed by atoms with Crippen molar-refractivity contribution in [2.45, 2.75) is 33.7 Å². The van der Waals surface area contributed by atoms with Crippen molar-refractivity contribution in [3.8, 4) is 0 Å². The van der Waals surface area contributed by atoms with Gasteiger partial charge in [-0.2, -0.15) is 0 Å². The maximum atomic E-state index is 5.90. The van der Waals surface area contributed by atoms with Crippen molar-refractivity contribution in [3.05, 3.63) is 28.2 Å². The van der Waals surface area contributed by atoms with Crippen LogP contribution in [-0.2, 0) is 6.54 Å². The number of nitrogen functional groups attached to an aromatic ring is 1. The summed E-state index contributed by atoms with van der Waals surface area (Å²) in [6, 6.07) is 6.17. The maximum absolute atomic E-state index is 5.90. The number of halogens is 1. The van der Waals surface area contributed by atoms with Gasteiger partial charge < -0.3 is 10.6 Å². The molecule has 0 amide bonds. The van der Waals surface area contributed by atoms with E-state index in [1.165, 1.54) is 18.5 Å². The largest absolute Gasteiger partial charge is 0.399 e. The second-order valence-electron chi connectivity index (χ2n) is 5.14. The molecule has 0 unspecified atom stereocenters. The summed E-state index contributed by atoms with van der Waals surface area (Å²) in [6.07, 6.45) is 1.22. The van der Waals surface area contributed by atoms with E-state index >= 15 is 0 Å². The molecule has 0 saturated carbocycles. The second kappa shape index (κ2) is 9.37. The SMILES string of the molecule is CCN(CC)CCCN(CC)Cc1cc(N)cc(Br)c1. The summed E-state index contributed by atoms with van der Waals surface area (Å²) >= 11 is 3.51. The highest BCUT2D eigenvalue weighted by atomic mass is 79.9. The number of benzene rings is 1. The summed E-state index contributed by atoms with van der Waals surface area (Å²) in [6.45, 7) is 13.3. The fourth-order valence-corrected chi connectivity index (χ4v) is 2.99. The Hall–Kier alpha value is -0.580. The standard InChI is InChI=1S/C16H28BrN3/c1-4-19(5-2)8-7-9-20(6-3)13-14-10-15(17)12-16(18)11-14/h10-12H,4-9,13,18H2,1-3H3. The van der Waals surface area contributed by atoms with Crippen LogP contribution >= 0.6 is 15.9 Å². The molecule has 0 aliphatic heterocycles. The molecule has 1 aromatic rings. The minimum Gasteiger partial charge on any atom is -0.399 e. The van der Waals surface area contributed by atoms with Crippen LogP contribution in [0.4, 0.5) is 5.69 Å². The van der Waals surface area contributed by atoms with Crippen molar-refractivity contribution < 1.29 is 0 Å². The highest BCUT2D eigenvalue weighted by Gasteiger charge is 2.06. The first-order valence-electron chi connectivity index (χ1n) is 7.58. The van der Waals surface area contributed by atoms with Crippen molar-refractivity contribution in [3.63, 3.8) is 0 Å². The van der Waals surface area contributed by atoms with Crippen LogP contribution in [0.5, 0.6) is 0 Å². The Bertz CT molecular complexity index is 371. The Balaban J connectivity index is 2.46. The van der Waals surface area contributed by atoms with Gasteiger partial charge in [0.1, 0.15) is 0 Å². The van der Waals surface area contributed by atoms with Gasteiger partial charge in [0.15, 0.2) is 0 Å². The monoisotopic (exact) mass is 341 g/mol. The lowest BCUT2D eigenvalue weighted by Crippen LogP contribution is -2.29. The van der Waals surface area contributed by atoms with Crippen LogP contribution < -0.4 is 5.73 Å². The van der Waals surface area contributed by atoms with Crippen LogP contribution in [-0.4, -0.2) is 42.5 Å². The van der Waals surface area contributed by atoms with Crippen molar-refractivity contribution in [2.24, 2.45) is 0 Å². The van der Waals surface area contributed by atoms with E-state index in [1.807, 2.05) is 6.07 Å². The molecular formula is C16H28BrN3. The Labute approximate surface area is 132 Å². The van der Waals surface area contributed by atoms with Gasteiger partial charge in [0.2, 0.25) is 0 Å². The maximum Gasteiger partial charge on any atom is 0.0328 e. The predicted molar refractivity (Wildman–Crippen MR) is 91.9 cm³/mol. The van der Waals surface area contributed by atoms with E-state index in [-0.39, 0.29) is 0 Å². The molecule has 1 aromatic carbocycles. The first-order chi connectivity index (χ1) is 9.58. The molecule has 0 spiro atoms.